The molecular weight excluding hydrogens is 306 g/mol. The van der Waals surface area contributed by atoms with Crippen LogP contribution in [0.25, 0.3) is 0 Å². The maximum atomic E-state index is 13.4. The van der Waals surface area contributed by atoms with Gasteiger partial charge in [0.1, 0.15) is 5.72 Å². The molecule has 24 heavy (non-hydrogen) atoms. The summed E-state index contributed by atoms with van der Waals surface area (Å²) in [6.07, 6.45) is 4.45. The van der Waals surface area contributed by atoms with Crippen molar-refractivity contribution in [3.8, 4) is 0 Å². The molecule has 130 valence electrons. The molecule has 1 amide bonds. The molecule has 2 fully saturated rings. The maximum absolute atomic E-state index is 13.4. The smallest absolute Gasteiger partial charge is 0.328 e. The number of amides is 1. The van der Waals surface area contributed by atoms with Crippen LogP contribution in [0.2, 0.25) is 0 Å². The molecule has 1 N–H and O–H groups in total. The van der Waals surface area contributed by atoms with Crippen LogP contribution in [0.15, 0.2) is 12.1 Å². The number of benzene rings is 1. The largest absolute Gasteiger partial charge is 0.480 e. The van der Waals surface area contributed by atoms with Crippen molar-refractivity contribution in [2.24, 2.45) is 0 Å². The molecule has 3 rings (SSSR count). The number of rotatable bonds is 2. The van der Waals surface area contributed by atoms with Crippen LogP contribution in [0.4, 0.5) is 0 Å². The highest BCUT2D eigenvalue weighted by molar-refractivity contribution is 6.00. The van der Waals surface area contributed by atoms with E-state index < -0.39 is 17.7 Å². The van der Waals surface area contributed by atoms with Gasteiger partial charge in [0, 0.05) is 5.56 Å². The first kappa shape index (κ1) is 17.0. The van der Waals surface area contributed by atoms with Gasteiger partial charge in [-0.15, -0.1) is 0 Å². The summed E-state index contributed by atoms with van der Waals surface area (Å²) < 4.78 is 5.94. The van der Waals surface area contributed by atoms with Crippen LogP contribution in [0.1, 0.15) is 59.2 Å². The summed E-state index contributed by atoms with van der Waals surface area (Å²) in [5.41, 5.74) is 2.74. The molecule has 1 atom stereocenters. The second-order valence-electron chi connectivity index (χ2n) is 7.12. The standard InChI is InChI=1S/C19H25NO4/c1-12-9-13(2)16(14(3)10-12)17(21)20-15(18(22)23)11-24-19(20)7-5-4-6-8-19/h9-10,15H,4-8,11H2,1-3H3,(H,22,23). The lowest BCUT2D eigenvalue weighted by Gasteiger charge is -2.41. The van der Waals surface area contributed by atoms with Gasteiger partial charge in [0.25, 0.3) is 5.91 Å². The van der Waals surface area contributed by atoms with Crippen LogP contribution in [-0.4, -0.2) is 40.3 Å². The van der Waals surface area contributed by atoms with E-state index in [-0.39, 0.29) is 12.5 Å². The number of aryl methyl sites for hydroxylation is 3. The first-order chi connectivity index (χ1) is 11.4. The van der Waals surface area contributed by atoms with E-state index in [2.05, 4.69) is 0 Å². The van der Waals surface area contributed by atoms with Gasteiger partial charge in [-0.3, -0.25) is 9.69 Å². The maximum Gasteiger partial charge on any atom is 0.328 e. The predicted molar refractivity (Wildman–Crippen MR) is 90.0 cm³/mol. The summed E-state index contributed by atoms with van der Waals surface area (Å²) >= 11 is 0. The predicted octanol–water partition coefficient (Wildman–Crippen LogP) is 3.20. The molecule has 1 aromatic carbocycles. The third-order valence-corrected chi connectivity index (χ3v) is 5.29. The molecule has 1 unspecified atom stereocenters. The Labute approximate surface area is 142 Å². The lowest BCUT2D eigenvalue weighted by Crippen LogP contribution is -2.54. The summed E-state index contributed by atoms with van der Waals surface area (Å²) in [4.78, 5) is 26.6. The summed E-state index contributed by atoms with van der Waals surface area (Å²) in [5.74, 6) is -1.20. The first-order valence-corrected chi connectivity index (χ1v) is 8.64. The second kappa shape index (κ2) is 6.20. The zero-order chi connectivity index (χ0) is 17.5. The molecule has 0 radical (unpaired) electrons. The minimum absolute atomic E-state index is 0.0744. The van der Waals surface area contributed by atoms with E-state index in [4.69, 9.17) is 4.74 Å². The number of carboxylic acids is 1. The molecule has 5 nitrogen and oxygen atoms in total. The fourth-order valence-corrected chi connectivity index (χ4v) is 4.30. The van der Waals surface area contributed by atoms with Crippen LogP contribution >= 0.6 is 0 Å². The topological polar surface area (TPSA) is 66.8 Å². The van der Waals surface area contributed by atoms with E-state index in [1.807, 2.05) is 32.9 Å². The van der Waals surface area contributed by atoms with Crippen molar-refractivity contribution in [1.82, 2.24) is 4.90 Å². The molecule has 1 saturated carbocycles. The van der Waals surface area contributed by atoms with Crippen molar-refractivity contribution in [2.45, 2.75) is 64.6 Å². The molecule has 2 aliphatic rings. The average molecular weight is 331 g/mol. The normalized spacial score (nSPS) is 22.8. The number of hydrogen-bond donors (Lipinski definition) is 1. The number of ether oxygens (including phenoxy) is 1. The van der Waals surface area contributed by atoms with Crippen LogP contribution in [0.5, 0.6) is 0 Å². The lowest BCUT2D eigenvalue weighted by atomic mass is 9.89. The van der Waals surface area contributed by atoms with Gasteiger partial charge >= 0.3 is 5.97 Å². The quantitative estimate of drug-likeness (QED) is 0.904. The summed E-state index contributed by atoms with van der Waals surface area (Å²) in [5, 5.41) is 9.60. The van der Waals surface area contributed by atoms with E-state index in [0.717, 1.165) is 36.0 Å². The van der Waals surface area contributed by atoms with Crippen LogP contribution in [-0.2, 0) is 9.53 Å². The minimum atomic E-state index is -0.992. The number of hydrogen-bond acceptors (Lipinski definition) is 3. The molecule has 1 aromatic rings. The van der Waals surface area contributed by atoms with Crippen LogP contribution in [0, 0.1) is 20.8 Å². The first-order valence-electron chi connectivity index (χ1n) is 8.64. The fourth-order valence-electron chi connectivity index (χ4n) is 4.30. The molecule has 1 heterocycles. The Hall–Kier alpha value is -1.88. The molecule has 1 spiro atoms. The summed E-state index contributed by atoms with van der Waals surface area (Å²) in [6, 6.07) is 3.04. The van der Waals surface area contributed by atoms with Crippen molar-refractivity contribution in [1.29, 1.82) is 0 Å². The van der Waals surface area contributed by atoms with Crippen molar-refractivity contribution < 1.29 is 19.4 Å². The molecule has 1 aliphatic heterocycles. The van der Waals surface area contributed by atoms with Crippen LogP contribution in [0.3, 0.4) is 0 Å². The van der Waals surface area contributed by atoms with E-state index in [1.54, 1.807) is 0 Å². The van der Waals surface area contributed by atoms with Gasteiger partial charge < -0.3 is 9.84 Å². The van der Waals surface area contributed by atoms with E-state index in [1.165, 1.54) is 4.90 Å². The third kappa shape index (κ3) is 2.71. The Bertz CT molecular complexity index is 653. The lowest BCUT2D eigenvalue weighted by molar-refractivity contribution is -0.143. The van der Waals surface area contributed by atoms with Crippen molar-refractivity contribution in [3.63, 3.8) is 0 Å². The highest BCUT2D eigenvalue weighted by Crippen LogP contribution is 2.41. The van der Waals surface area contributed by atoms with Gasteiger partial charge in [-0.2, -0.15) is 0 Å². The Balaban J connectivity index is 2.05. The van der Waals surface area contributed by atoms with Crippen molar-refractivity contribution in [3.05, 3.63) is 34.4 Å². The molecular formula is C19H25NO4. The second-order valence-corrected chi connectivity index (χ2v) is 7.12. The Morgan fingerprint density at radius 2 is 1.71 bits per heavy atom. The van der Waals surface area contributed by atoms with Gasteiger partial charge in [0.2, 0.25) is 0 Å². The number of carbonyl (C=O) groups is 2. The molecule has 0 aromatic heterocycles. The molecule has 1 saturated heterocycles. The molecule has 1 aliphatic carbocycles. The number of nitrogens with zero attached hydrogens (tertiary/aromatic N) is 1. The average Bonchev–Trinajstić information content (AvgIpc) is 2.85. The highest BCUT2D eigenvalue weighted by Gasteiger charge is 2.53. The van der Waals surface area contributed by atoms with Crippen LogP contribution < -0.4 is 0 Å². The third-order valence-electron chi connectivity index (χ3n) is 5.29. The Morgan fingerprint density at radius 1 is 1.12 bits per heavy atom. The Kier molecular flexibility index (Phi) is 4.38. The zero-order valence-corrected chi connectivity index (χ0v) is 14.6. The van der Waals surface area contributed by atoms with E-state index in [9.17, 15) is 14.7 Å². The SMILES string of the molecule is Cc1cc(C)c(C(=O)N2C(C(=O)O)COC23CCCCC3)c(C)c1. The monoisotopic (exact) mass is 331 g/mol. The molecule has 5 heteroatoms. The van der Waals surface area contributed by atoms with Gasteiger partial charge in [-0.05, 0) is 57.6 Å². The molecule has 0 bridgehead atoms. The van der Waals surface area contributed by atoms with Gasteiger partial charge in [-0.25, -0.2) is 4.79 Å². The number of carbonyl (C=O) groups excluding carboxylic acids is 1. The van der Waals surface area contributed by atoms with E-state index in [0.29, 0.717) is 18.4 Å². The summed E-state index contributed by atoms with van der Waals surface area (Å²) in [7, 11) is 0. The van der Waals surface area contributed by atoms with Gasteiger partial charge in [0.15, 0.2) is 6.04 Å². The Morgan fingerprint density at radius 3 is 2.25 bits per heavy atom. The van der Waals surface area contributed by atoms with Gasteiger partial charge in [0.05, 0.1) is 6.61 Å². The minimum Gasteiger partial charge on any atom is -0.480 e. The summed E-state index contributed by atoms with van der Waals surface area (Å²) in [6.45, 7) is 5.89. The van der Waals surface area contributed by atoms with Gasteiger partial charge in [-0.1, -0.05) is 24.1 Å². The number of aliphatic carboxylic acids is 1. The van der Waals surface area contributed by atoms with Crippen molar-refractivity contribution in [2.75, 3.05) is 6.61 Å². The fraction of sp³-hybridized carbons (Fsp3) is 0.579. The zero-order valence-electron chi connectivity index (χ0n) is 14.6. The van der Waals surface area contributed by atoms with E-state index >= 15 is 0 Å². The highest BCUT2D eigenvalue weighted by atomic mass is 16.5. The van der Waals surface area contributed by atoms with Crippen molar-refractivity contribution >= 4 is 11.9 Å². The number of carboxylic acid groups (broad SMARTS) is 1.